The van der Waals surface area contributed by atoms with Crippen LogP contribution >= 0.6 is 0 Å². The second kappa shape index (κ2) is 6.37. The Morgan fingerprint density at radius 3 is 2.53 bits per heavy atom. The van der Waals surface area contributed by atoms with Crippen molar-refractivity contribution in [1.29, 1.82) is 0 Å². The van der Waals surface area contributed by atoms with Gasteiger partial charge in [-0.05, 0) is 18.2 Å². The molecule has 0 saturated heterocycles. The number of nitrogen functional groups attached to an aromatic ring is 1. The second-order valence-electron chi connectivity index (χ2n) is 3.54. The van der Waals surface area contributed by atoms with Gasteiger partial charge in [-0.2, -0.15) is 13.2 Å². The smallest absolute Gasteiger partial charge is 0.411 e. The molecule has 0 fully saturated rings. The molecule has 0 heterocycles. The largest absolute Gasteiger partial charge is 0.460 e. The fraction of sp³-hybridized carbons (Fsp3) is 0.364. The standard InChI is InChI=1S/C11H11F4NO3/c12-8-2-1-7(5-9(8)16)10(17)19-4-3-18-6-11(13,14)15/h1-2,5H,3-4,6,16H2. The van der Waals surface area contributed by atoms with Crippen molar-refractivity contribution >= 4 is 11.7 Å². The average Bonchev–Trinajstić information content (AvgIpc) is 2.30. The minimum atomic E-state index is -4.42. The van der Waals surface area contributed by atoms with Crippen LogP contribution in [0.1, 0.15) is 10.4 Å². The van der Waals surface area contributed by atoms with Gasteiger partial charge in [-0.3, -0.25) is 0 Å². The zero-order valence-corrected chi connectivity index (χ0v) is 9.67. The maximum absolute atomic E-state index is 12.8. The number of alkyl halides is 3. The molecular weight excluding hydrogens is 270 g/mol. The number of esters is 1. The predicted octanol–water partition coefficient (Wildman–Crippen LogP) is 2.14. The van der Waals surface area contributed by atoms with Crippen molar-refractivity contribution in [3.63, 3.8) is 0 Å². The van der Waals surface area contributed by atoms with Crippen molar-refractivity contribution < 1.29 is 31.8 Å². The van der Waals surface area contributed by atoms with E-state index in [9.17, 15) is 22.4 Å². The first-order valence-corrected chi connectivity index (χ1v) is 5.16. The van der Waals surface area contributed by atoms with Crippen molar-refractivity contribution in [2.75, 3.05) is 25.6 Å². The third-order valence-electron chi connectivity index (χ3n) is 1.96. The van der Waals surface area contributed by atoms with Crippen molar-refractivity contribution in [2.45, 2.75) is 6.18 Å². The first-order valence-electron chi connectivity index (χ1n) is 5.16. The highest BCUT2D eigenvalue weighted by Crippen LogP contribution is 2.15. The number of benzene rings is 1. The molecule has 0 aliphatic heterocycles. The second-order valence-corrected chi connectivity index (χ2v) is 3.54. The topological polar surface area (TPSA) is 61.6 Å². The summed E-state index contributed by atoms with van der Waals surface area (Å²) in [5, 5.41) is 0. The van der Waals surface area contributed by atoms with Gasteiger partial charge in [0.15, 0.2) is 0 Å². The van der Waals surface area contributed by atoms with Crippen molar-refractivity contribution in [3.05, 3.63) is 29.6 Å². The molecule has 0 aliphatic rings. The molecule has 1 aromatic carbocycles. The maximum atomic E-state index is 12.8. The van der Waals surface area contributed by atoms with E-state index in [4.69, 9.17) is 5.73 Å². The number of hydrogen-bond donors (Lipinski definition) is 1. The summed E-state index contributed by atoms with van der Waals surface area (Å²) in [6, 6.07) is 3.23. The monoisotopic (exact) mass is 281 g/mol. The molecule has 8 heteroatoms. The van der Waals surface area contributed by atoms with E-state index < -0.39 is 24.6 Å². The summed E-state index contributed by atoms with van der Waals surface area (Å²) < 4.78 is 56.8. The lowest BCUT2D eigenvalue weighted by Crippen LogP contribution is -2.19. The number of carbonyl (C=O) groups is 1. The summed E-state index contributed by atoms with van der Waals surface area (Å²) in [6.45, 7) is -2.14. The van der Waals surface area contributed by atoms with E-state index in [1.807, 2.05) is 0 Å². The van der Waals surface area contributed by atoms with Crippen molar-refractivity contribution in [2.24, 2.45) is 0 Å². The van der Waals surface area contributed by atoms with E-state index in [1.54, 1.807) is 0 Å². The number of carbonyl (C=O) groups excluding carboxylic acids is 1. The summed E-state index contributed by atoms with van der Waals surface area (Å²) in [7, 11) is 0. The van der Waals surface area contributed by atoms with Crippen molar-refractivity contribution in [1.82, 2.24) is 0 Å². The number of rotatable bonds is 5. The molecule has 19 heavy (non-hydrogen) atoms. The van der Waals surface area contributed by atoms with Crippen LogP contribution in [-0.2, 0) is 9.47 Å². The zero-order valence-electron chi connectivity index (χ0n) is 9.67. The van der Waals surface area contributed by atoms with Gasteiger partial charge in [0.1, 0.15) is 19.0 Å². The van der Waals surface area contributed by atoms with Gasteiger partial charge >= 0.3 is 12.1 Å². The summed E-state index contributed by atoms with van der Waals surface area (Å²) >= 11 is 0. The Labute approximate surface area is 106 Å². The summed E-state index contributed by atoms with van der Waals surface area (Å²) in [4.78, 5) is 11.4. The van der Waals surface area contributed by atoms with Crippen LogP contribution in [0.5, 0.6) is 0 Å². The third-order valence-corrected chi connectivity index (χ3v) is 1.96. The Hall–Kier alpha value is -1.83. The van der Waals surface area contributed by atoms with Crippen molar-refractivity contribution in [3.8, 4) is 0 Å². The van der Waals surface area contributed by atoms with E-state index in [0.717, 1.165) is 18.2 Å². The van der Waals surface area contributed by atoms with Crippen LogP contribution in [-0.4, -0.2) is 32.0 Å². The van der Waals surface area contributed by atoms with E-state index in [2.05, 4.69) is 9.47 Å². The van der Waals surface area contributed by atoms with Crippen LogP contribution in [0, 0.1) is 5.82 Å². The summed E-state index contributed by atoms with van der Waals surface area (Å²) in [6.07, 6.45) is -4.42. The van der Waals surface area contributed by atoms with Gasteiger partial charge < -0.3 is 15.2 Å². The molecule has 1 aromatic rings. The number of halogens is 4. The first-order chi connectivity index (χ1) is 8.79. The number of hydrogen-bond acceptors (Lipinski definition) is 4. The number of ether oxygens (including phenoxy) is 2. The van der Waals surface area contributed by atoms with E-state index in [0.29, 0.717) is 0 Å². The molecule has 2 N–H and O–H groups in total. The van der Waals surface area contributed by atoms with Gasteiger partial charge in [0.2, 0.25) is 0 Å². The van der Waals surface area contributed by atoms with Gasteiger partial charge in [0, 0.05) is 0 Å². The van der Waals surface area contributed by atoms with Crippen LogP contribution in [0.3, 0.4) is 0 Å². The van der Waals surface area contributed by atoms with E-state index in [1.165, 1.54) is 0 Å². The van der Waals surface area contributed by atoms with Gasteiger partial charge in [-0.15, -0.1) is 0 Å². The van der Waals surface area contributed by atoms with Crippen LogP contribution in [0.15, 0.2) is 18.2 Å². The highest BCUT2D eigenvalue weighted by atomic mass is 19.4. The predicted molar refractivity (Wildman–Crippen MR) is 58.0 cm³/mol. The third kappa shape index (κ3) is 5.56. The Morgan fingerprint density at radius 1 is 1.26 bits per heavy atom. The van der Waals surface area contributed by atoms with Crippen LogP contribution in [0.4, 0.5) is 23.2 Å². The Bertz CT molecular complexity index is 448. The van der Waals surface area contributed by atoms with E-state index >= 15 is 0 Å². The normalized spacial score (nSPS) is 11.4. The molecule has 0 saturated carbocycles. The quantitative estimate of drug-likeness (QED) is 0.389. The molecule has 4 nitrogen and oxygen atoms in total. The molecule has 0 unspecified atom stereocenters. The fourth-order valence-electron chi connectivity index (χ4n) is 1.14. The molecule has 0 aromatic heterocycles. The Kier molecular flexibility index (Phi) is 5.11. The molecule has 0 amide bonds. The lowest BCUT2D eigenvalue weighted by molar-refractivity contribution is -0.175. The van der Waals surface area contributed by atoms with Crippen LogP contribution < -0.4 is 5.73 Å². The van der Waals surface area contributed by atoms with Crippen LogP contribution in [0.2, 0.25) is 0 Å². The minimum absolute atomic E-state index is 0.00900. The highest BCUT2D eigenvalue weighted by Gasteiger charge is 2.27. The molecule has 0 bridgehead atoms. The highest BCUT2D eigenvalue weighted by molar-refractivity contribution is 5.90. The van der Waals surface area contributed by atoms with Gasteiger partial charge in [0.05, 0.1) is 17.9 Å². The molecule has 0 radical (unpaired) electrons. The minimum Gasteiger partial charge on any atom is -0.460 e. The van der Waals surface area contributed by atoms with Gasteiger partial charge in [0.25, 0.3) is 0 Å². The number of anilines is 1. The molecule has 0 aliphatic carbocycles. The lowest BCUT2D eigenvalue weighted by Gasteiger charge is -2.08. The SMILES string of the molecule is Nc1cc(C(=O)OCCOCC(F)(F)F)ccc1F. The Balaban J connectivity index is 2.33. The lowest BCUT2D eigenvalue weighted by atomic mass is 10.2. The Morgan fingerprint density at radius 2 is 1.95 bits per heavy atom. The molecule has 0 atom stereocenters. The van der Waals surface area contributed by atoms with Gasteiger partial charge in [-0.1, -0.05) is 0 Å². The first kappa shape index (κ1) is 15.2. The summed E-state index contributed by atoms with van der Waals surface area (Å²) in [5.74, 6) is -1.49. The number of nitrogens with two attached hydrogens (primary N) is 1. The zero-order chi connectivity index (χ0) is 14.5. The van der Waals surface area contributed by atoms with Crippen LogP contribution in [0.25, 0.3) is 0 Å². The van der Waals surface area contributed by atoms with Gasteiger partial charge in [-0.25, -0.2) is 9.18 Å². The molecular formula is C11H11F4NO3. The fourth-order valence-corrected chi connectivity index (χ4v) is 1.14. The van der Waals surface area contributed by atoms with E-state index in [-0.39, 0.29) is 24.5 Å². The maximum Gasteiger partial charge on any atom is 0.411 e. The molecule has 106 valence electrons. The molecule has 1 rings (SSSR count). The average molecular weight is 281 g/mol. The molecule has 0 spiro atoms. The summed E-state index contributed by atoms with van der Waals surface area (Å²) in [5.41, 5.74) is 5.04.